The van der Waals surface area contributed by atoms with Gasteiger partial charge in [-0.3, -0.25) is 9.59 Å². The van der Waals surface area contributed by atoms with Crippen molar-refractivity contribution in [3.8, 4) is 5.75 Å². The first-order valence-corrected chi connectivity index (χ1v) is 7.98. The molecule has 0 saturated heterocycles. The van der Waals surface area contributed by atoms with Crippen LogP contribution in [0.2, 0.25) is 0 Å². The number of carbonyl (C=O) groups excluding carboxylic acids is 2. The Labute approximate surface area is 141 Å². The quantitative estimate of drug-likeness (QED) is 0.858. The first kappa shape index (κ1) is 16.1. The first-order chi connectivity index (χ1) is 11.7. The Hall–Kier alpha value is -2.82. The van der Waals surface area contributed by atoms with E-state index in [0.717, 1.165) is 24.1 Å². The summed E-state index contributed by atoms with van der Waals surface area (Å²) in [5, 5.41) is 5.77. The van der Waals surface area contributed by atoms with Gasteiger partial charge in [-0.2, -0.15) is 0 Å². The molecule has 2 aromatic rings. The van der Waals surface area contributed by atoms with E-state index >= 15 is 0 Å². The molecule has 1 fully saturated rings. The third-order valence-electron chi connectivity index (χ3n) is 3.97. The van der Waals surface area contributed by atoms with Gasteiger partial charge in [-0.25, -0.2) is 0 Å². The minimum Gasteiger partial charge on any atom is -0.496 e. The van der Waals surface area contributed by atoms with Gasteiger partial charge in [0.25, 0.3) is 5.91 Å². The minimum absolute atomic E-state index is 0.0900. The van der Waals surface area contributed by atoms with E-state index in [1.807, 2.05) is 30.3 Å². The Morgan fingerprint density at radius 2 is 1.79 bits per heavy atom. The highest BCUT2D eigenvalue weighted by Gasteiger charge is 2.29. The number of nitrogens with one attached hydrogen (secondary N) is 2. The largest absolute Gasteiger partial charge is 0.496 e. The zero-order chi connectivity index (χ0) is 16.9. The van der Waals surface area contributed by atoms with Crippen LogP contribution in [0.5, 0.6) is 5.75 Å². The number of ether oxygens (including phenoxy) is 1. The van der Waals surface area contributed by atoms with E-state index in [2.05, 4.69) is 10.6 Å². The molecule has 0 spiro atoms. The van der Waals surface area contributed by atoms with Crippen LogP contribution in [0.3, 0.4) is 0 Å². The van der Waals surface area contributed by atoms with E-state index in [0.29, 0.717) is 17.9 Å². The predicted molar refractivity (Wildman–Crippen MR) is 92.0 cm³/mol. The minimum atomic E-state index is -0.182. The molecule has 2 amide bonds. The second-order valence-electron chi connectivity index (χ2n) is 5.84. The van der Waals surface area contributed by atoms with Crippen LogP contribution in [0.4, 0.5) is 5.69 Å². The molecule has 5 nitrogen and oxygen atoms in total. The Kier molecular flexibility index (Phi) is 4.79. The number of benzene rings is 2. The molecule has 0 heterocycles. The number of carbonyl (C=O) groups is 2. The van der Waals surface area contributed by atoms with Gasteiger partial charge in [0.15, 0.2) is 0 Å². The van der Waals surface area contributed by atoms with Gasteiger partial charge in [0.1, 0.15) is 5.75 Å². The van der Waals surface area contributed by atoms with Crippen molar-refractivity contribution < 1.29 is 14.3 Å². The van der Waals surface area contributed by atoms with Crippen molar-refractivity contribution in [2.45, 2.75) is 19.4 Å². The van der Waals surface area contributed by atoms with Crippen LogP contribution in [0.15, 0.2) is 48.5 Å². The van der Waals surface area contributed by atoms with Gasteiger partial charge in [0.05, 0.1) is 12.7 Å². The van der Waals surface area contributed by atoms with Gasteiger partial charge in [0, 0.05) is 18.2 Å². The summed E-state index contributed by atoms with van der Waals surface area (Å²) in [5.41, 5.74) is 2.25. The maximum absolute atomic E-state index is 12.2. The smallest absolute Gasteiger partial charge is 0.255 e. The lowest BCUT2D eigenvalue weighted by Gasteiger charge is -2.10. The molecule has 2 aromatic carbocycles. The van der Waals surface area contributed by atoms with Crippen LogP contribution in [0.1, 0.15) is 28.8 Å². The van der Waals surface area contributed by atoms with Crippen LogP contribution in [0, 0.1) is 5.92 Å². The van der Waals surface area contributed by atoms with Crippen molar-refractivity contribution in [3.63, 3.8) is 0 Å². The number of hydrogen-bond donors (Lipinski definition) is 2. The second-order valence-corrected chi connectivity index (χ2v) is 5.84. The summed E-state index contributed by atoms with van der Waals surface area (Å²) in [6, 6.07) is 14.6. The van der Waals surface area contributed by atoms with Crippen molar-refractivity contribution in [2.75, 3.05) is 12.4 Å². The van der Waals surface area contributed by atoms with Gasteiger partial charge in [0.2, 0.25) is 5.91 Å². The predicted octanol–water partition coefficient (Wildman–Crippen LogP) is 2.97. The van der Waals surface area contributed by atoms with E-state index < -0.39 is 0 Å². The summed E-state index contributed by atoms with van der Waals surface area (Å²) in [4.78, 5) is 24.0. The van der Waals surface area contributed by atoms with Gasteiger partial charge in [-0.15, -0.1) is 0 Å². The fraction of sp³-hybridized carbons (Fsp3) is 0.263. The number of anilines is 1. The lowest BCUT2D eigenvalue weighted by atomic mass is 10.1. The molecule has 0 atom stereocenters. The maximum atomic E-state index is 12.2. The highest BCUT2D eigenvalue weighted by Crippen LogP contribution is 2.30. The van der Waals surface area contributed by atoms with Crippen LogP contribution < -0.4 is 15.4 Å². The molecule has 124 valence electrons. The molecule has 3 rings (SSSR count). The summed E-state index contributed by atoms with van der Waals surface area (Å²) in [6.07, 6.45) is 1.97. The zero-order valence-corrected chi connectivity index (χ0v) is 13.5. The molecule has 0 unspecified atom stereocenters. The van der Waals surface area contributed by atoms with Crippen molar-refractivity contribution in [1.82, 2.24) is 5.32 Å². The van der Waals surface area contributed by atoms with Crippen molar-refractivity contribution in [1.29, 1.82) is 0 Å². The van der Waals surface area contributed by atoms with Crippen molar-refractivity contribution >= 4 is 17.5 Å². The molecular weight excluding hydrogens is 304 g/mol. The van der Waals surface area contributed by atoms with Gasteiger partial charge < -0.3 is 15.4 Å². The summed E-state index contributed by atoms with van der Waals surface area (Å²) < 4.78 is 5.19. The first-order valence-electron chi connectivity index (χ1n) is 7.98. The van der Waals surface area contributed by atoms with Crippen LogP contribution >= 0.6 is 0 Å². The van der Waals surface area contributed by atoms with Crippen LogP contribution in [0.25, 0.3) is 0 Å². The average Bonchev–Trinajstić information content (AvgIpc) is 3.46. The van der Waals surface area contributed by atoms with Gasteiger partial charge >= 0.3 is 0 Å². The third-order valence-corrected chi connectivity index (χ3v) is 3.97. The molecule has 1 saturated carbocycles. The van der Waals surface area contributed by atoms with E-state index in [9.17, 15) is 9.59 Å². The summed E-state index contributed by atoms with van der Waals surface area (Å²) >= 11 is 0. The SMILES string of the molecule is COc1ccccc1C(=O)NCc1ccc(NC(=O)C2CC2)cc1. The summed E-state index contributed by atoms with van der Waals surface area (Å²) in [7, 11) is 1.54. The summed E-state index contributed by atoms with van der Waals surface area (Å²) in [6.45, 7) is 0.410. The van der Waals surface area contributed by atoms with E-state index in [4.69, 9.17) is 4.74 Å². The van der Waals surface area contributed by atoms with E-state index in [1.54, 1.807) is 25.3 Å². The van der Waals surface area contributed by atoms with Crippen LogP contribution in [-0.2, 0) is 11.3 Å². The van der Waals surface area contributed by atoms with Gasteiger partial charge in [-0.1, -0.05) is 24.3 Å². The molecule has 0 aliphatic heterocycles. The molecule has 24 heavy (non-hydrogen) atoms. The Morgan fingerprint density at radius 3 is 2.46 bits per heavy atom. The molecule has 0 radical (unpaired) electrons. The Bertz CT molecular complexity index is 737. The fourth-order valence-electron chi connectivity index (χ4n) is 2.41. The molecule has 1 aliphatic carbocycles. The fourth-order valence-corrected chi connectivity index (χ4v) is 2.41. The molecule has 0 aromatic heterocycles. The highest BCUT2D eigenvalue weighted by molar-refractivity contribution is 5.97. The summed E-state index contributed by atoms with van der Waals surface area (Å²) in [5.74, 6) is 0.642. The highest BCUT2D eigenvalue weighted by atomic mass is 16.5. The van der Waals surface area contributed by atoms with E-state index in [1.165, 1.54) is 0 Å². The molecule has 2 N–H and O–H groups in total. The Morgan fingerprint density at radius 1 is 1.08 bits per heavy atom. The van der Waals surface area contributed by atoms with Crippen molar-refractivity contribution in [2.24, 2.45) is 5.92 Å². The standard InChI is InChI=1S/C19H20N2O3/c1-24-17-5-3-2-4-16(17)19(23)20-12-13-6-10-15(11-7-13)21-18(22)14-8-9-14/h2-7,10-11,14H,8-9,12H2,1H3,(H,20,23)(H,21,22). The van der Waals surface area contributed by atoms with Crippen molar-refractivity contribution in [3.05, 3.63) is 59.7 Å². The zero-order valence-electron chi connectivity index (χ0n) is 13.5. The maximum Gasteiger partial charge on any atom is 0.255 e. The third kappa shape index (κ3) is 3.93. The lowest BCUT2D eigenvalue weighted by molar-refractivity contribution is -0.117. The number of para-hydroxylation sites is 1. The number of methoxy groups -OCH3 is 1. The number of rotatable bonds is 6. The lowest BCUT2D eigenvalue weighted by Crippen LogP contribution is -2.23. The van der Waals surface area contributed by atoms with Gasteiger partial charge in [-0.05, 0) is 42.7 Å². The number of hydrogen-bond acceptors (Lipinski definition) is 3. The topological polar surface area (TPSA) is 67.4 Å². The monoisotopic (exact) mass is 324 g/mol. The molecule has 0 bridgehead atoms. The number of amides is 2. The average molecular weight is 324 g/mol. The normalized spacial score (nSPS) is 13.2. The molecular formula is C19H20N2O3. The molecule has 1 aliphatic rings. The van der Waals surface area contributed by atoms with E-state index in [-0.39, 0.29) is 17.7 Å². The molecule has 5 heteroatoms. The second kappa shape index (κ2) is 7.17. The van der Waals surface area contributed by atoms with Crippen LogP contribution in [-0.4, -0.2) is 18.9 Å². The Balaban J connectivity index is 1.56.